The Morgan fingerprint density at radius 2 is 1.95 bits per heavy atom. The van der Waals surface area contributed by atoms with Crippen molar-refractivity contribution in [2.45, 2.75) is 15.1 Å². The lowest BCUT2D eigenvalue weighted by Crippen LogP contribution is -2.12. The Bertz CT molecular complexity index is 591. The number of halogens is 1. The fraction of sp³-hybridized carbons (Fsp3) is 0.250. The molecule has 0 spiro atoms. The fourth-order valence-corrected chi connectivity index (χ4v) is 4.43. The van der Waals surface area contributed by atoms with Crippen LogP contribution >= 0.6 is 46.5 Å². The van der Waals surface area contributed by atoms with E-state index in [9.17, 15) is 4.79 Å². The van der Waals surface area contributed by atoms with E-state index in [-0.39, 0.29) is 11.7 Å². The molecule has 0 atom stereocenters. The Balaban J connectivity index is 1.80. The van der Waals surface area contributed by atoms with E-state index in [1.54, 1.807) is 11.8 Å². The number of thioether (sulfide) groups is 2. The van der Waals surface area contributed by atoms with Crippen LogP contribution in [0.15, 0.2) is 32.9 Å². The molecular formula is C12H12ClN3OS3. The molecule has 0 unspecified atom stereocenters. The minimum Gasteiger partial charge on any atom is -0.369 e. The van der Waals surface area contributed by atoms with Gasteiger partial charge in [-0.05, 0) is 18.1 Å². The number of hydrogen-bond donors (Lipinski definition) is 1. The standard InChI is InChI=1S/C12H12ClN3OS3/c13-9-4-2-1-3-8(9)5-6-18-11-15-16-12(20-11)19-7-10(14)17/h1-4H,5-7H2,(H2,14,17). The van der Waals surface area contributed by atoms with E-state index in [0.717, 1.165) is 31.4 Å². The van der Waals surface area contributed by atoms with Gasteiger partial charge < -0.3 is 5.73 Å². The van der Waals surface area contributed by atoms with Gasteiger partial charge >= 0.3 is 0 Å². The fourth-order valence-electron chi connectivity index (χ4n) is 1.40. The zero-order valence-electron chi connectivity index (χ0n) is 10.4. The first-order valence-electron chi connectivity index (χ1n) is 5.76. The zero-order chi connectivity index (χ0) is 14.4. The van der Waals surface area contributed by atoms with Crippen molar-refractivity contribution in [1.29, 1.82) is 0 Å². The maximum atomic E-state index is 10.7. The highest BCUT2D eigenvalue weighted by atomic mass is 35.5. The van der Waals surface area contributed by atoms with Crippen molar-refractivity contribution in [1.82, 2.24) is 10.2 Å². The van der Waals surface area contributed by atoms with Gasteiger partial charge in [0.25, 0.3) is 0 Å². The minimum atomic E-state index is -0.349. The first-order chi connectivity index (χ1) is 9.65. The smallest absolute Gasteiger partial charge is 0.227 e. The molecule has 2 aromatic rings. The van der Waals surface area contributed by atoms with Gasteiger partial charge in [-0.3, -0.25) is 4.79 Å². The van der Waals surface area contributed by atoms with Crippen LogP contribution in [0.4, 0.5) is 0 Å². The first kappa shape index (κ1) is 15.6. The summed E-state index contributed by atoms with van der Waals surface area (Å²) in [5.74, 6) is 0.774. The van der Waals surface area contributed by atoms with Gasteiger partial charge in [-0.2, -0.15) is 0 Å². The SMILES string of the molecule is NC(=O)CSc1nnc(SCCc2ccccc2Cl)s1. The van der Waals surface area contributed by atoms with E-state index in [1.165, 1.54) is 23.1 Å². The van der Waals surface area contributed by atoms with Crippen molar-refractivity contribution in [3.8, 4) is 0 Å². The summed E-state index contributed by atoms with van der Waals surface area (Å²) < 4.78 is 1.66. The number of amides is 1. The molecule has 106 valence electrons. The van der Waals surface area contributed by atoms with E-state index in [2.05, 4.69) is 10.2 Å². The maximum absolute atomic E-state index is 10.7. The van der Waals surface area contributed by atoms with Gasteiger partial charge in [-0.15, -0.1) is 10.2 Å². The molecule has 8 heteroatoms. The van der Waals surface area contributed by atoms with Crippen molar-refractivity contribution in [2.24, 2.45) is 5.73 Å². The van der Waals surface area contributed by atoms with Crippen LogP contribution in [0.2, 0.25) is 5.02 Å². The van der Waals surface area contributed by atoms with Gasteiger partial charge in [-0.25, -0.2) is 0 Å². The van der Waals surface area contributed by atoms with Gasteiger partial charge in [0.2, 0.25) is 5.91 Å². The molecular weight excluding hydrogens is 334 g/mol. The normalized spacial score (nSPS) is 10.7. The predicted octanol–water partition coefficient (Wildman–Crippen LogP) is 3.10. The zero-order valence-corrected chi connectivity index (χ0v) is 13.6. The molecule has 1 aromatic carbocycles. The average Bonchev–Trinajstić information content (AvgIpc) is 2.87. The highest BCUT2D eigenvalue weighted by Crippen LogP contribution is 2.29. The Labute approximate surface area is 134 Å². The number of nitrogens with zero attached hydrogens (tertiary/aromatic N) is 2. The summed E-state index contributed by atoms with van der Waals surface area (Å²) >= 11 is 10.5. The third-order valence-electron chi connectivity index (χ3n) is 2.28. The molecule has 0 aliphatic rings. The van der Waals surface area contributed by atoms with E-state index in [1.807, 2.05) is 24.3 Å². The monoisotopic (exact) mass is 345 g/mol. The maximum Gasteiger partial charge on any atom is 0.227 e. The number of carbonyl (C=O) groups excluding carboxylic acids is 1. The quantitative estimate of drug-likeness (QED) is 0.781. The van der Waals surface area contributed by atoms with Gasteiger partial charge in [-0.1, -0.05) is 64.7 Å². The van der Waals surface area contributed by atoms with Crippen molar-refractivity contribution in [3.63, 3.8) is 0 Å². The summed E-state index contributed by atoms with van der Waals surface area (Å²) in [7, 11) is 0. The van der Waals surface area contributed by atoms with E-state index in [0.29, 0.717) is 0 Å². The molecule has 0 fully saturated rings. The molecule has 1 aromatic heterocycles. The summed E-state index contributed by atoms with van der Waals surface area (Å²) in [6.07, 6.45) is 0.883. The Hall–Kier alpha value is -0.760. The Morgan fingerprint density at radius 1 is 1.25 bits per heavy atom. The predicted molar refractivity (Wildman–Crippen MR) is 85.7 cm³/mol. The van der Waals surface area contributed by atoms with Crippen molar-refractivity contribution < 1.29 is 4.79 Å². The molecule has 2 N–H and O–H groups in total. The summed E-state index contributed by atoms with van der Waals surface area (Å²) in [4.78, 5) is 10.7. The van der Waals surface area contributed by atoms with Crippen LogP contribution in [0.25, 0.3) is 0 Å². The van der Waals surface area contributed by atoms with Crippen molar-refractivity contribution in [3.05, 3.63) is 34.9 Å². The van der Waals surface area contributed by atoms with E-state index < -0.39 is 0 Å². The number of nitrogens with two attached hydrogens (primary N) is 1. The highest BCUT2D eigenvalue weighted by Gasteiger charge is 2.07. The number of aryl methyl sites for hydroxylation is 1. The number of primary amides is 1. The van der Waals surface area contributed by atoms with Crippen LogP contribution in [-0.2, 0) is 11.2 Å². The third kappa shape index (κ3) is 4.97. The number of rotatable bonds is 7. The molecule has 0 radical (unpaired) electrons. The van der Waals surface area contributed by atoms with Gasteiger partial charge in [0, 0.05) is 10.8 Å². The number of hydrogen-bond acceptors (Lipinski definition) is 6. The van der Waals surface area contributed by atoms with Gasteiger partial charge in [0.1, 0.15) is 0 Å². The summed E-state index contributed by atoms with van der Waals surface area (Å²) in [5.41, 5.74) is 6.22. The first-order valence-corrected chi connectivity index (χ1v) is 8.92. The van der Waals surface area contributed by atoms with Crippen molar-refractivity contribution >= 4 is 52.4 Å². The molecule has 1 heterocycles. The molecule has 2 rings (SSSR count). The highest BCUT2D eigenvalue weighted by molar-refractivity contribution is 8.03. The average molecular weight is 346 g/mol. The molecule has 0 aliphatic heterocycles. The lowest BCUT2D eigenvalue weighted by atomic mass is 10.2. The molecule has 4 nitrogen and oxygen atoms in total. The van der Waals surface area contributed by atoms with Crippen LogP contribution in [0.5, 0.6) is 0 Å². The second-order valence-corrected chi connectivity index (χ2v) is 7.73. The van der Waals surface area contributed by atoms with Crippen LogP contribution in [0, 0.1) is 0 Å². The van der Waals surface area contributed by atoms with Gasteiger partial charge in [0.15, 0.2) is 8.68 Å². The van der Waals surface area contributed by atoms with E-state index in [4.69, 9.17) is 17.3 Å². The lowest BCUT2D eigenvalue weighted by molar-refractivity contribution is -0.115. The number of aromatic nitrogens is 2. The van der Waals surface area contributed by atoms with Crippen LogP contribution in [0.3, 0.4) is 0 Å². The molecule has 0 bridgehead atoms. The molecule has 0 saturated heterocycles. The molecule has 0 saturated carbocycles. The second-order valence-electron chi connectivity index (χ2n) is 3.78. The summed E-state index contributed by atoms with van der Waals surface area (Å²) in [6, 6.07) is 7.82. The summed E-state index contributed by atoms with van der Waals surface area (Å²) in [5, 5.41) is 8.88. The molecule has 0 aliphatic carbocycles. The number of carbonyl (C=O) groups is 1. The van der Waals surface area contributed by atoms with E-state index >= 15 is 0 Å². The molecule has 20 heavy (non-hydrogen) atoms. The van der Waals surface area contributed by atoms with Crippen LogP contribution in [-0.4, -0.2) is 27.6 Å². The van der Waals surface area contributed by atoms with Gasteiger partial charge in [0.05, 0.1) is 5.75 Å². The second kappa shape index (κ2) is 7.87. The Morgan fingerprint density at radius 3 is 2.65 bits per heavy atom. The number of benzene rings is 1. The van der Waals surface area contributed by atoms with Crippen molar-refractivity contribution in [2.75, 3.05) is 11.5 Å². The van der Waals surface area contributed by atoms with Crippen LogP contribution < -0.4 is 5.73 Å². The minimum absolute atomic E-state index is 0.235. The lowest BCUT2D eigenvalue weighted by Gasteiger charge is -2.01. The largest absolute Gasteiger partial charge is 0.369 e. The molecule has 1 amide bonds. The Kier molecular flexibility index (Phi) is 6.15. The third-order valence-corrected chi connectivity index (χ3v) is 5.86. The topological polar surface area (TPSA) is 68.9 Å². The van der Waals surface area contributed by atoms with Crippen LogP contribution in [0.1, 0.15) is 5.56 Å². The summed E-state index contributed by atoms with van der Waals surface area (Å²) in [6.45, 7) is 0.